The van der Waals surface area contributed by atoms with E-state index in [2.05, 4.69) is 35.9 Å². The quantitative estimate of drug-likeness (QED) is 0.898. The predicted octanol–water partition coefficient (Wildman–Crippen LogP) is 2.89. The molecule has 2 unspecified atom stereocenters. The molecule has 1 fully saturated rings. The Labute approximate surface area is 120 Å². The van der Waals surface area contributed by atoms with Gasteiger partial charge in [0.1, 0.15) is 0 Å². The van der Waals surface area contributed by atoms with E-state index in [1.165, 1.54) is 5.56 Å². The number of pyridine rings is 1. The maximum absolute atomic E-state index is 11.2. The van der Waals surface area contributed by atoms with Crippen LogP contribution in [-0.4, -0.2) is 34.0 Å². The Morgan fingerprint density at radius 1 is 1.50 bits per heavy atom. The van der Waals surface area contributed by atoms with Crippen molar-refractivity contribution in [1.82, 2.24) is 9.88 Å². The van der Waals surface area contributed by atoms with E-state index >= 15 is 0 Å². The summed E-state index contributed by atoms with van der Waals surface area (Å²) in [6.07, 6.45) is 5.65. The summed E-state index contributed by atoms with van der Waals surface area (Å²) in [7, 11) is 0. The minimum absolute atomic E-state index is 0.229. The molecule has 0 saturated carbocycles. The van der Waals surface area contributed by atoms with Crippen molar-refractivity contribution in [3.05, 3.63) is 29.6 Å². The van der Waals surface area contributed by atoms with Crippen LogP contribution >= 0.6 is 0 Å². The highest BCUT2D eigenvalue weighted by Crippen LogP contribution is 2.28. The molecule has 4 heteroatoms. The van der Waals surface area contributed by atoms with Crippen molar-refractivity contribution < 1.29 is 9.90 Å². The maximum atomic E-state index is 11.2. The summed E-state index contributed by atoms with van der Waals surface area (Å²) in [4.78, 5) is 18.1. The Bertz CT molecular complexity index is 444. The average Bonchev–Trinajstić information content (AvgIpc) is 2.49. The Hall–Kier alpha value is -1.42. The molecule has 110 valence electrons. The molecule has 1 aromatic rings. The highest BCUT2D eigenvalue weighted by atomic mass is 16.4. The largest absolute Gasteiger partial charge is 0.481 e. The van der Waals surface area contributed by atoms with Crippen LogP contribution in [0.15, 0.2) is 18.3 Å². The van der Waals surface area contributed by atoms with E-state index in [0.717, 1.165) is 37.9 Å². The fourth-order valence-corrected chi connectivity index (χ4v) is 2.99. The van der Waals surface area contributed by atoms with Gasteiger partial charge in [0.2, 0.25) is 0 Å². The third-order valence-electron chi connectivity index (χ3n) is 4.23. The monoisotopic (exact) mass is 276 g/mol. The molecule has 20 heavy (non-hydrogen) atoms. The van der Waals surface area contributed by atoms with Crippen molar-refractivity contribution in [1.29, 1.82) is 0 Å². The zero-order valence-corrected chi connectivity index (χ0v) is 12.4. The molecule has 1 N–H and O–H groups in total. The van der Waals surface area contributed by atoms with E-state index in [0.29, 0.717) is 6.54 Å². The van der Waals surface area contributed by atoms with Crippen LogP contribution in [0, 0.1) is 5.92 Å². The first-order chi connectivity index (χ1) is 9.65. The van der Waals surface area contributed by atoms with Gasteiger partial charge in [-0.25, -0.2) is 0 Å². The molecule has 0 radical (unpaired) electrons. The van der Waals surface area contributed by atoms with Crippen LogP contribution in [0.5, 0.6) is 0 Å². The van der Waals surface area contributed by atoms with Gasteiger partial charge in [0.05, 0.1) is 17.7 Å². The van der Waals surface area contributed by atoms with Crippen molar-refractivity contribution in [2.24, 2.45) is 5.92 Å². The molecule has 0 amide bonds. The summed E-state index contributed by atoms with van der Waals surface area (Å²) in [5.41, 5.74) is 2.31. The minimum atomic E-state index is -0.668. The molecule has 2 atom stereocenters. The van der Waals surface area contributed by atoms with Gasteiger partial charge in [-0.15, -0.1) is 0 Å². The fourth-order valence-electron chi connectivity index (χ4n) is 2.99. The van der Waals surface area contributed by atoms with Crippen LogP contribution in [0.2, 0.25) is 0 Å². The molecule has 1 saturated heterocycles. The second-order valence-electron chi connectivity index (χ2n) is 5.54. The van der Waals surface area contributed by atoms with Crippen LogP contribution in [0.4, 0.5) is 0 Å². The zero-order chi connectivity index (χ0) is 14.5. The zero-order valence-electron chi connectivity index (χ0n) is 12.4. The maximum Gasteiger partial charge on any atom is 0.307 e. The highest BCUT2D eigenvalue weighted by Gasteiger charge is 2.30. The molecule has 1 aliphatic heterocycles. The van der Waals surface area contributed by atoms with Gasteiger partial charge < -0.3 is 5.11 Å². The van der Waals surface area contributed by atoms with Crippen molar-refractivity contribution in [3.8, 4) is 0 Å². The third kappa shape index (κ3) is 3.37. The Morgan fingerprint density at radius 3 is 2.85 bits per heavy atom. The summed E-state index contributed by atoms with van der Waals surface area (Å²) in [5.74, 6) is -0.897. The number of rotatable bonds is 5. The predicted molar refractivity (Wildman–Crippen MR) is 78.6 cm³/mol. The standard InChI is InChI=1S/C16H24N2O2/c1-3-12-7-8-14(17-10-12)15(4-2)18-9-5-6-13(11-18)16(19)20/h7-8,10,13,15H,3-6,9,11H2,1-2H3,(H,19,20). The van der Waals surface area contributed by atoms with E-state index < -0.39 is 5.97 Å². The number of nitrogens with zero attached hydrogens (tertiary/aromatic N) is 2. The van der Waals surface area contributed by atoms with Gasteiger partial charge >= 0.3 is 5.97 Å². The molecular formula is C16H24N2O2. The van der Waals surface area contributed by atoms with Crippen LogP contribution in [0.25, 0.3) is 0 Å². The number of carboxylic acids is 1. The Morgan fingerprint density at radius 2 is 2.30 bits per heavy atom. The summed E-state index contributed by atoms with van der Waals surface area (Å²) in [5, 5.41) is 9.21. The second-order valence-corrected chi connectivity index (χ2v) is 5.54. The minimum Gasteiger partial charge on any atom is -0.481 e. The molecule has 2 rings (SSSR count). The molecule has 0 aromatic carbocycles. The van der Waals surface area contributed by atoms with Crippen LogP contribution < -0.4 is 0 Å². The van der Waals surface area contributed by atoms with Gasteiger partial charge in [-0.1, -0.05) is 19.9 Å². The number of hydrogen-bond donors (Lipinski definition) is 1. The Kier molecular flexibility index (Phi) is 5.12. The number of aromatic nitrogens is 1. The highest BCUT2D eigenvalue weighted by molar-refractivity contribution is 5.70. The van der Waals surface area contributed by atoms with E-state index in [1.807, 2.05) is 6.20 Å². The smallest absolute Gasteiger partial charge is 0.307 e. The first-order valence-corrected chi connectivity index (χ1v) is 7.57. The van der Waals surface area contributed by atoms with Gasteiger partial charge in [-0.05, 0) is 43.9 Å². The van der Waals surface area contributed by atoms with Crippen molar-refractivity contribution in [2.75, 3.05) is 13.1 Å². The summed E-state index contributed by atoms with van der Waals surface area (Å²) < 4.78 is 0. The number of hydrogen-bond acceptors (Lipinski definition) is 3. The molecular weight excluding hydrogens is 252 g/mol. The summed E-state index contributed by atoms with van der Waals surface area (Å²) >= 11 is 0. The van der Waals surface area contributed by atoms with Gasteiger partial charge in [0, 0.05) is 12.7 Å². The number of carbonyl (C=O) groups is 1. The topological polar surface area (TPSA) is 53.4 Å². The van der Waals surface area contributed by atoms with Crippen molar-refractivity contribution in [2.45, 2.75) is 45.6 Å². The molecule has 2 heterocycles. The van der Waals surface area contributed by atoms with Gasteiger partial charge in [-0.2, -0.15) is 0 Å². The van der Waals surface area contributed by atoms with E-state index in [9.17, 15) is 9.90 Å². The van der Waals surface area contributed by atoms with Gasteiger partial charge in [0.25, 0.3) is 0 Å². The Balaban J connectivity index is 2.12. The van der Waals surface area contributed by atoms with E-state index in [1.54, 1.807) is 0 Å². The van der Waals surface area contributed by atoms with Gasteiger partial charge in [-0.3, -0.25) is 14.7 Å². The SMILES string of the molecule is CCc1ccc(C(CC)N2CCCC(C(=O)O)C2)nc1. The first-order valence-electron chi connectivity index (χ1n) is 7.57. The lowest BCUT2D eigenvalue weighted by Gasteiger charge is -2.36. The van der Waals surface area contributed by atoms with E-state index in [4.69, 9.17) is 0 Å². The lowest BCUT2D eigenvalue weighted by Crippen LogP contribution is -2.41. The number of piperidine rings is 1. The molecule has 0 spiro atoms. The second kappa shape index (κ2) is 6.84. The number of aryl methyl sites for hydroxylation is 1. The lowest BCUT2D eigenvalue weighted by molar-refractivity contribution is -0.144. The van der Waals surface area contributed by atoms with Crippen LogP contribution in [0.3, 0.4) is 0 Å². The van der Waals surface area contributed by atoms with Gasteiger partial charge in [0.15, 0.2) is 0 Å². The number of carboxylic acid groups (broad SMARTS) is 1. The molecule has 0 bridgehead atoms. The summed E-state index contributed by atoms with van der Waals surface area (Å²) in [6.45, 7) is 5.88. The normalized spacial score (nSPS) is 21.6. The molecule has 1 aliphatic rings. The summed E-state index contributed by atoms with van der Waals surface area (Å²) in [6, 6.07) is 4.46. The first kappa shape index (κ1) is 15.0. The lowest BCUT2D eigenvalue weighted by atomic mass is 9.95. The fraction of sp³-hybridized carbons (Fsp3) is 0.625. The van der Waals surface area contributed by atoms with Crippen LogP contribution in [-0.2, 0) is 11.2 Å². The van der Waals surface area contributed by atoms with Crippen LogP contribution in [0.1, 0.15) is 50.4 Å². The molecule has 1 aromatic heterocycles. The van der Waals surface area contributed by atoms with Crippen molar-refractivity contribution >= 4 is 5.97 Å². The number of likely N-dealkylation sites (tertiary alicyclic amines) is 1. The molecule has 4 nitrogen and oxygen atoms in total. The number of aliphatic carboxylic acids is 1. The van der Waals surface area contributed by atoms with E-state index in [-0.39, 0.29) is 12.0 Å². The molecule has 0 aliphatic carbocycles. The van der Waals surface area contributed by atoms with Crippen molar-refractivity contribution in [3.63, 3.8) is 0 Å². The third-order valence-corrected chi connectivity index (χ3v) is 4.23. The average molecular weight is 276 g/mol.